The van der Waals surface area contributed by atoms with Gasteiger partial charge in [-0.3, -0.25) is 0 Å². The van der Waals surface area contributed by atoms with Gasteiger partial charge in [0.2, 0.25) is 4.96 Å². The molecule has 0 bridgehead atoms. The van der Waals surface area contributed by atoms with Gasteiger partial charge in [0.1, 0.15) is 11.1 Å². The minimum absolute atomic E-state index is 0.0329. The normalized spacial score (nSPS) is 18.6. The molecule has 2 aromatic heterocycles. The SMILES string of the molecule is Clc1ccc(Cc2nn3c(C4CCCO4)nnc3s2)cc1. The number of ether oxygens (including phenoxy) is 1. The fraction of sp³-hybridized carbons (Fsp3) is 0.357. The molecule has 1 unspecified atom stereocenters. The Bertz CT molecular complexity index is 761. The van der Waals surface area contributed by atoms with Gasteiger partial charge in [-0.05, 0) is 30.5 Å². The van der Waals surface area contributed by atoms with E-state index in [-0.39, 0.29) is 6.10 Å². The van der Waals surface area contributed by atoms with Crippen LogP contribution < -0.4 is 0 Å². The van der Waals surface area contributed by atoms with Crippen LogP contribution in [0.25, 0.3) is 4.96 Å². The maximum Gasteiger partial charge on any atom is 0.234 e. The Balaban J connectivity index is 1.63. The van der Waals surface area contributed by atoms with Gasteiger partial charge in [0.15, 0.2) is 5.82 Å². The molecule has 1 atom stereocenters. The fourth-order valence-electron chi connectivity index (χ4n) is 2.50. The quantitative estimate of drug-likeness (QED) is 0.743. The number of benzene rings is 1. The second-order valence-corrected chi connectivity index (χ2v) is 6.53. The van der Waals surface area contributed by atoms with Crippen molar-refractivity contribution in [2.75, 3.05) is 6.61 Å². The van der Waals surface area contributed by atoms with Gasteiger partial charge in [-0.25, -0.2) is 0 Å². The maximum atomic E-state index is 5.91. The number of rotatable bonds is 3. The fourth-order valence-corrected chi connectivity index (χ4v) is 3.50. The van der Waals surface area contributed by atoms with Crippen LogP contribution in [0.5, 0.6) is 0 Å². The van der Waals surface area contributed by atoms with Gasteiger partial charge in [0, 0.05) is 18.1 Å². The molecule has 5 nitrogen and oxygen atoms in total. The highest BCUT2D eigenvalue weighted by molar-refractivity contribution is 7.16. The highest BCUT2D eigenvalue weighted by atomic mass is 35.5. The van der Waals surface area contributed by atoms with Crippen LogP contribution in [-0.4, -0.2) is 26.4 Å². The Morgan fingerprint density at radius 3 is 2.90 bits per heavy atom. The lowest BCUT2D eigenvalue weighted by atomic mass is 10.2. The molecule has 3 heterocycles. The summed E-state index contributed by atoms with van der Waals surface area (Å²) in [6, 6.07) is 7.83. The average Bonchev–Trinajstić information content (AvgIpc) is 3.17. The van der Waals surface area contributed by atoms with E-state index in [1.165, 1.54) is 5.56 Å². The molecule has 108 valence electrons. The van der Waals surface area contributed by atoms with Crippen molar-refractivity contribution in [1.29, 1.82) is 0 Å². The molecular formula is C14H13ClN4OS. The second kappa shape index (κ2) is 5.36. The molecule has 1 fully saturated rings. The van der Waals surface area contributed by atoms with Crippen molar-refractivity contribution in [1.82, 2.24) is 19.8 Å². The summed E-state index contributed by atoms with van der Waals surface area (Å²) in [7, 11) is 0. The van der Waals surface area contributed by atoms with E-state index in [1.807, 2.05) is 28.8 Å². The lowest BCUT2D eigenvalue weighted by Gasteiger charge is -2.04. The first-order valence-electron chi connectivity index (χ1n) is 6.87. The topological polar surface area (TPSA) is 52.3 Å². The number of hydrogen-bond donors (Lipinski definition) is 0. The van der Waals surface area contributed by atoms with Crippen molar-refractivity contribution in [2.45, 2.75) is 25.4 Å². The Hall–Kier alpha value is -1.50. The molecule has 0 amide bonds. The van der Waals surface area contributed by atoms with Gasteiger partial charge < -0.3 is 4.74 Å². The Kier molecular flexibility index (Phi) is 3.37. The summed E-state index contributed by atoms with van der Waals surface area (Å²) in [6.07, 6.45) is 2.87. The lowest BCUT2D eigenvalue weighted by molar-refractivity contribution is 0.103. The van der Waals surface area contributed by atoms with Crippen molar-refractivity contribution < 1.29 is 4.74 Å². The summed E-state index contributed by atoms with van der Waals surface area (Å²) in [5.74, 6) is 0.820. The van der Waals surface area contributed by atoms with E-state index in [1.54, 1.807) is 11.3 Å². The zero-order chi connectivity index (χ0) is 14.2. The summed E-state index contributed by atoms with van der Waals surface area (Å²) in [6.45, 7) is 0.793. The monoisotopic (exact) mass is 320 g/mol. The van der Waals surface area contributed by atoms with Crippen LogP contribution in [0.3, 0.4) is 0 Å². The molecule has 0 spiro atoms. The third kappa shape index (κ3) is 2.54. The summed E-state index contributed by atoms with van der Waals surface area (Å²) < 4.78 is 7.50. The number of aromatic nitrogens is 4. The van der Waals surface area contributed by atoms with Crippen LogP contribution >= 0.6 is 22.9 Å². The number of halogens is 1. The molecule has 0 aliphatic carbocycles. The van der Waals surface area contributed by atoms with E-state index in [0.29, 0.717) is 0 Å². The van der Waals surface area contributed by atoms with Gasteiger partial charge in [0.25, 0.3) is 0 Å². The predicted octanol–water partition coefficient (Wildman–Crippen LogP) is 3.28. The molecule has 1 saturated heterocycles. The van der Waals surface area contributed by atoms with Crippen molar-refractivity contribution in [3.05, 3.63) is 45.7 Å². The van der Waals surface area contributed by atoms with E-state index in [0.717, 1.165) is 46.7 Å². The van der Waals surface area contributed by atoms with Gasteiger partial charge in [-0.15, -0.1) is 10.2 Å². The highest BCUT2D eigenvalue weighted by Gasteiger charge is 2.24. The zero-order valence-electron chi connectivity index (χ0n) is 11.2. The summed E-state index contributed by atoms with van der Waals surface area (Å²) in [5, 5.41) is 14.8. The van der Waals surface area contributed by atoms with E-state index in [4.69, 9.17) is 16.3 Å². The van der Waals surface area contributed by atoms with E-state index in [2.05, 4.69) is 15.3 Å². The van der Waals surface area contributed by atoms with Gasteiger partial charge in [-0.1, -0.05) is 35.1 Å². The number of nitrogens with zero attached hydrogens (tertiary/aromatic N) is 4. The predicted molar refractivity (Wildman–Crippen MR) is 80.8 cm³/mol. The van der Waals surface area contributed by atoms with Crippen LogP contribution in [0.2, 0.25) is 5.02 Å². The first kappa shape index (κ1) is 13.2. The summed E-state index contributed by atoms with van der Waals surface area (Å²) in [4.78, 5) is 0.824. The second-order valence-electron chi connectivity index (χ2n) is 5.05. The van der Waals surface area contributed by atoms with Crippen LogP contribution in [0.1, 0.15) is 35.3 Å². The van der Waals surface area contributed by atoms with Crippen LogP contribution in [0.4, 0.5) is 0 Å². The molecule has 1 aromatic carbocycles. The standard InChI is InChI=1S/C14H13ClN4OS/c15-10-5-3-9(4-6-10)8-12-18-19-13(11-2-1-7-20-11)16-17-14(19)21-12/h3-6,11H,1-2,7-8H2. The lowest BCUT2D eigenvalue weighted by Crippen LogP contribution is -2.04. The Morgan fingerprint density at radius 2 is 2.14 bits per heavy atom. The van der Waals surface area contributed by atoms with Gasteiger partial charge in [0.05, 0.1) is 0 Å². The first-order valence-corrected chi connectivity index (χ1v) is 8.06. The number of fused-ring (bicyclic) bond motifs is 1. The molecule has 7 heteroatoms. The molecule has 0 saturated carbocycles. The van der Waals surface area contributed by atoms with Gasteiger partial charge in [-0.2, -0.15) is 9.61 Å². The summed E-state index contributed by atoms with van der Waals surface area (Å²) >= 11 is 7.47. The zero-order valence-corrected chi connectivity index (χ0v) is 12.8. The third-order valence-electron chi connectivity index (χ3n) is 3.54. The average molecular weight is 321 g/mol. The van der Waals surface area contributed by atoms with E-state index < -0.39 is 0 Å². The molecule has 3 aromatic rings. The number of hydrogen-bond acceptors (Lipinski definition) is 5. The highest BCUT2D eigenvalue weighted by Crippen LogP contribution is 2.28. The van der Waals surface area contributed by atoms with E-state index in [9.17, 15) is 0 Å². The van der Waals surface area contributed by atoms with Crippen molar-refractivity contribution in [3.8, 4) is 0 Å². The van der Waals surface area contributed by atoms with E-state index >= 15 is 0 Å². The Morgan fingerprint density at radius 1 is 1.29 bits per heavy atom. The molecule has 0 radical (unpaired) electrons. The third-order valence-corrected chi connectivity index (χ3v) is 4.69. The van der Waals surface area contributed by atoms with Crippen LogP contribution in [0.15, 0.2) is 24.3 Å². The van der Waals surface area contributed by atoms with Crippen molar-refractivity contribution in [3.63, 3.8) is 0 Å². The van der Waals surface area contributed by atoms with Crippen LogP contribution in [-0.2, 0) is 11.2 Å². The molecule has 4 rings (SSSR count). The minimum Gasteiger partial charge on any atom is -0.370 e. The maximum absolute atomic E-state index is 5.91. The molecular weight excluding hydrogens is 308 g/mol. The van der Waals surface area contributed by atoms with Crippen LogP contribution in [0, 0.1) is 0 Å². The van der Waals surface area contributed by atoms with Gasteiger partial charge >= 0.3 is 0 Å². The van der Waals surface area contributed by atoms with Crippen molar-refractivity contribution in [2.24, 2.45) is 0 Å². The molecule has 1 aliphatic heterocycles. The Labute approximate surface area is 130 Å². The molecule has 0 N–H and O–H groups in total. The first-order chi connectivity index (χ1) is 10.3. The smallest absolute Gasteiger partial charge is 0.234 e. The molecule has 1 aliphatic rings. The summed E-state index contributed by atoms with van der Waals surface area (Å²) in [5.41, 5.74) is 1.18. The minimum atomic E-state index is 0.0329. The van der Waals surface area contributed by atoms with Crippen molar-refractivity contribution >= 4 is 27.9 Å². The molecule has 21 heavy (non-hydrogen) atoms. The largest absolute Gasteiger partial charge is 0.370 e.